The van der Waals surface area contributed by atoms with Crippen LogP contribution in [0.25, 0.3) is 87.7 Å². The van der Waals surface area contributed by atoms with Gasteiger partial charge in [0.25, 0.3) is 0 Å². The molecule has 0 aliphatic carbocycles. The third kappa shape index (κ3) is 4.75. The molecule has 0 fully saturated rings. The standard InChI is InChI=1S/C50H31NO2/c1-2-11-36-31-37(20-19-32(36)9-1)33-21-26-38(27-22-33)51(44-15-8-18-47-49(44)43-30-25-34-10-3-4-12-41(34)50(43)53-47)39-28-23-35(24-29-39)40-14-7-17-46-48(40)42-13-5-6-16-45(42)52-46/h1-31H/i1D,2D,9D,11D,19D,20D,21D,22D,23D,24D,26D,27D,28D,29D,31D. The molecule has 11 rings (SSSR count). The van der Waals surface area contributed by atoms with Crippen molar-refractivity contribution in [2.24, 2.45) is 0 Å². The highest BCUT2D eigenvalue weighted by Gasteiger charge is 2.21. The molecule has 0 saturated carbocycles. The Balaban J connectivity index is 1.24. The first-order valence-corrected chi connectivity index (χ1v) is 16.8. The molecule has 0 N–H and O–H groups in total. The van der Waals surface area contributed by atoms with Crippen molar-refractivity contribution < 1.29 is 29.4 Å². The third-order valence-electron chi connectivity index (χ3n) is 9.45. The molecule has 53 heavy (non-hydrogen) atoms. The second kappa shape index (κ2) is 11.7. The molecule has 0 radical (unpaired) electrons. The lowest BCUT2D eigenvalue weighted by Crippen LogP contribution is -2.10. The topological polar surface area (TPSA) is 29.5 Å². The smallest absolute Gasteiger partial charge is 0.143 e. The first-order chi connectivity index (χ1) is 32.5. The van der Waals surface area contributed by atoms with E-state index < -0.39 is 124 Å². The number of hydrogen-bond donors (Lipinski definition) is 0. The Morgan fingerprint density at radius 3 is 1.91 bits per heavy atom. The lowest BCUT2D eigenvalue weighted by molar-refractivity contribution is 0.669. The monoisotopic (exact) mass is 692 g/mol. The van der Waals surface area contributed by atoms with Crippen molar-refractivity contribution in [1.29, 1.82) is 0 Å². The van der Waals surface area contributed by atoms with E-state index in [0.717, 1.165) is 15.7 Å². The highest BCUT2D eigenvalue weighted by molar-refractivity contribution is 6.19. The highest BCUT2D eigenvalue weighted by Crippen LogP contribution is 2.45. The molecule has 0 bridgehead atoms. The number of fused-ring (bicyclic) bond motifs is 9. The van der Waals surface area contributed by atoms with Crippen LogP contribution in [0.15, 0.2) is 197 Å². The lowest BCUT2D eigenvalue weighted by Gasteiger charge is -2.26. The van der Waals surface area contributed by atoms with Crippen LogP contribution in [0.4, 0.5) is 17.1 Å². The van der Waals surface area contributed by atoms with Crippen molar-refractivity contribution in [3.63, 3.8) is 0 Å². The molecule has 0 aliphatic heterocycles. The van der Waals surface area contributed by atoms with E-state index in [4.69, 9.17) is 17.1 Å². The van der Waals surface area contributed by atoms with E-state index in [0.29, 0.717) is 49.4 Å². The van der Waals surface area contributed by atoms with Crippen molar-refractivity contribution in [1.82, 2.24) is 0 Å². The molecule has 2 heterocycles. The van der Waals surface area contributed by atoms with Gasteiger partial charge in [-0.25, -0.2) is 0 Å². The SMILES string of the molecule is [2H]c1c([2H])c(N(c2c([2H])c([2H])c(-c3cccc4oc5ccccc5c34)c([2H])c2[2H])c2cccc3oc4c5ccccc5ccc4c23)c([2H])c([2H])c1-c1c([2H])c([2H])c2c([2H])c([2H])c([2H])c([2H])c2c1[2H]. The van der Waals surface area contributed by atoms with Gasteiger partial charge in [0, 0.05) is 32.9 Å². The third-order valence-corrected chi connectivity index (χ3v) is 9.45. The first-order valence-electron chi connectivity index (χ1n) is 24.3. The van der Waals surface area contributed by atoms with Gasteiger partial charge in [-0.3, -0.25) is 0 Å². The number of rotatable bonds is 5. The van der Waals surface area contributed by atoms with E-state index in [1.165, 1.54) is 0 Å². The summed E-state index contributed by atoms with van der Waals surface area (Å²) in [6.45, 7) is 0. The van der Waals surface area contributed by atoms with Crippen molar-refractivity contribution in [2.45, 2.75) is 0 Å². The summed E-state index contributed by atoms with van der Waals surface area (Å²) in [4.78, 5) is 1.16. The second-order valence-electron chi connectivity index (χ2n) is 12.5. The van der Waals surface area contributed by atoms with E-state index in [1.54, 1.807) is 42.5 Å². The van der Waals surface area contributed by atoms with E-state index >= 15 is 0 Å². The van der Waals surface area contributed by atoms with Gasteiger partial charge in [0.05, 0.1) is 31.6 Å². The average molecular weight is 693 g/mol. The van der Waals surface area contributed by atoms with Gasteiger partial charge in [-0.1, -0.05) is 127 Å². The number of anilines is 3. The number of para-hydroxylation sites is 1. The van der Waals surface area contributed by atoms with Crippen molar-refractivity contribution >= 4 is 82.5 Å². The molecule has 0 aliphatic rings. The summed E-state index contributed by atoms with van der Waals surface area (Å²) in [6.07, 6.45) is 0. The van der Waals surface area contributed by atoms with Crippen LogP contribution in [0.2, 0.25) is 0 Å². The molecule has 2 aromatic heterocycles. The van der Waals surface area contributed by atoms with Crippen LogP contribution in [-0.2, 0) is 0 Å². The molecule has 248 valence electrons. The Hall–Kier alpha value is -7.10. The minimum atomic E-state index is -0.812. The lowest BCUT2D eigenvalue weighted by atomic mass is 9.98. The Morgan fingerprint density at radius 1 is 0.415 bits per heavy atom. The quantitative estimate of drug-likeness (QED) is 0.180. The maximum absolute atomic E-state index is 9.75. The Bertz CT molecular complexity index is 4010. The number of nitrogens with zero attached hydrogens (tertiary/aromatic N) is 1. The van der Waals surface area contributed by atoms with Gasteiger partial charge in [0.1, 0.15) is 22.3 Å². The minimum absolute atomic E-state index is 0.0550. The number of furan rings is 2. The molecule has 0 atom stereocenters. The molecule has 0 spiro atoms. The predicted molar refractivity (Wildman–Crippen MR) is 222 cm³/mol. The number of benzene rings is 9. The molecule has 0 amide bonds. The van der Waals surface area contributed by atoms with Gasteiger partial charge >= 0.3 is 0 Å². The van der Waals surface area contributed by atoms with Crippen LogP contribution in [0.5, 0.6) is 0 Å². The van der Waals surface area contributed by atoms with Crippen LogP contribution in [0, 0.1) is 0 Å². The molecule has 3 heteroatoms. The Labute approximate surface area is 326 Å². The largest absolute Gasteiger partial charge is 0.456 e. The summed E-state index contributed by atoms with van der Waals surface area (Å²) in [7, 11) is 0. The molecule has 0 saturated heterocycles. The average Bonchev–Trinajstić information content (AvgIpc) is 3.93. The van der Waals surface area contributed by atoms with Crippen LogP contribution in [0.3, 0.4) is 0 Å². The first kappa shape index (κ1) is 18.4. The Kier molecular flexibility index (Phi) is 4.07. The molecular weight excluding hydrogens is 647 g/mol. The number of hydrogen-bond acceptors (Lipinski definition) is 3. The van der Waals surface area contributed by atoms with Gasteiger partial charge in [-0.2, -0.15) is 0 Å². The van der Waals surface area contributed by atoms with Gasteiger partial charge in [0.2, 0.25) is 0 Å². The van der Waals surface area contributed by atoms with E-state index in [-0.39, 0.29) is 11.3 Å². The summed E-state index contributed by atoms with van der Waals surface area (Å²) >= 11 is 0. The van der Waals surface area contributed by atoms with Gasteiger partial charge in [-0.15, -0.1) is 0 Å². The predicted octanol–water partition coefficient (Wildman–Crippen LogP) is 14.6. The fourth-order valence-electron chi connectivity index (χ4n) is 7.06. The van der Waals surface area contributed by atoms with Gasteiger partial charge < -0.3 is 13.7 Å². The zero-order chi connectivity index (χ0) is 47.9. The normalized spacial score (nSPS) is 15.7. The van der Waals surface area contributed by atoms with E-state index in [2.05, 4.69) is 0 Å². The summed E-state index contributed by atoms with van der Waals surface area (Å²) in [6, 6.07) is 18.2. The van der Waals surface area contributed by atoms with Gasteiger partial charge in [-0.05, 0) is 99.0 Å². The molecule has 0 unspecified atom stereocenters. The zero-order valence-electron chi connectivity index (χ0n) is 42.5. The van der Waals surface area contributed by atoms with E-state index in [9.17, 15) is 12.3 Å². The fourth-order valence-corrected chi connectivity index (χ4v) is 7.06. The van der Waals surface area contributed by atoms with Crippen LogP contribution >= 0.6 is 0 Å². The maximum Gasteiger partial charge on any atom is 0.143 e. The zero-order valence-corrected chi connectivity index (χ0v) is 27.5. The maximum atomic E-state index is 9.75. The van der Waals surface area contributed by atoms with Crippen LogP contribution in [-0.4, -0.2) is 0 Å². The van der Waals surface area contributed by atoms with Crippen molar-refractivity contribution in [3.05, 3.63) is 188 Å². The summed E-state index contributed by atoms with van der Waals surface area (Å²) in [5.41, 5.74) is 0.0857. The Morgan fingerprint density at radius 2 is 1.08 bits per heavy atom. The minimum Gasteiger partial charge on any atom is -0.456 e. The van der Waals surface area contributed by atoms with Crippen molar-refractivity contribution in [3.8, 4) is 22.3 Å². The fraction of sp³-hybridized carbons (Fsp3) is 0. The summed E-state index contributed by atoms with van der Waals surface area (Å²) in [5.74, 6) is 0. The molecule has 11 aromatic rings. The highest BCUT2D eigenvalue weighted by atomic mass is 16.3. The molecule has 9 aromatic carbocycles. The summed E-state index contributed by atoms with van der Waals surface area (Å²) in [5, 5.41) is 2.96. The van der Waals surface area contributed by atoms with Gasteiger partial charge in [0.15, 0.2) is 0 Å². The molecular formula is C50H31NO2. The summed E-state index contributed by atoms with van der Waals surface area (Å²) < 4.78 is 150. The second-order valence-corrected chi connectivity index (χ2v) is 12.5. The molecule has 3 nitrogen and oxygen atoms in total. The van der Waals surface area contributed by atoms with Crippen LogP contribution in [0.1, 0.15) is 20.6 Å². The van der Waals surface area contributed by atoms with Crippen molar-refractivity contribution in [2.75, 3.05) is 4.90 Å². The van der Waals surface area contributed by atoms with Crippen LogP contribution < -0.4 is 4.90 Å². The van der Waals surface area contributed by atoms with E-state index in [1.807, 2.05) is 54.6 Å².